The summed E-state index contributed by atoms with van der Waals surface area (Å²) in [5, 5.41) is 4.11. The molecular weight excluding hydrogens is 279 g/mol. The Bertz CT molecular complexity index is 557. The number of nitrogens with zero attached hydrogens (tertiary/aromatic N) is 2. The predicted molar refractivity (Wildman–Crippen MR) is 67.4 cm³/mol. The van der Waals surface area contributed by atoms with Crippen molar-refractivity contribution in [2.24, 2.45) is 0 Å². The highest BCUT2D eigenvalue weighted by atomic mass is 35.5. The molecule has 0 N–H and O–H groups in total. The van der Waals surface area contributed by atoms with Gasteiger partial charge in [-0.05, 0) is 12.1 Å². The van der Waals surface area contributed by atoms with Crippen molar-refractivity contribution in [2.45, 2.75) is 5.88 Å². The molecule has 2 aromatic rings. The SMILES string of the molecule is COc1cc(-c2nc(CCl)no2)cc(Cl)c1OC. The molecule has 0 bridgehead atoms. The fourth-order valence-electron chi connectivity index (χ4n) is 1.47. The second-order valence-corrected chi connectivity index (χ2v) is 4.02. The maximum absolute atomic E-state index is 6.08. The van der Waals surface area contributed by atoms with E-state index in [1.54, 1.807) is 12.1 Å². The van der Waals surface area contributed by atoms with Crippen molar-refractivity contribution in [1.29, 1.82) is 0 Å². The average molecular weight is 289 g/mol. The number of aromatic nitrogens is 2. The Balaban J connectivity index is 2.48. The molecule has 0 spiro atoms. The lowest BCUT2D eigenvalue weighted by Gasteiger charge is -2.09. The fraction of sp³-hybridized carbons (Fsp3) is 0.273. The molecule has 0 aliphatic heterocycles. The van der Waals surface area contributed by atoms with Gasteiger partial charge in [0.15, 0.2) is 17.3 Å². The summed E-state index contributed by atoms with van der Waals surface area (Å²) < 4.78 is 15.4. The van der Waals surface area contributed by atoms with Gasteiger partial charge < -0.3 is 14.0 Å². The molecule has 96 valence electrons. The Kier molecular flexibility index (Phi) is 3.93. The topological polar surface area (TPSA) is 57.4 Å². The third-order valence-corrected chi connectivity index (χ3v) is 2.79. The smallest absolute Gasteiger partial charge is 0.258 e. The van der Waals surface area contributed by atoms with Crippen molar-refractivity contribution < 1.29 is 14.0 Å². The molecule has 2 rings (SSSR count). The molecule has 18 heavy (non-hydrogen) atoms. The number of halogens is 2. The molecule has 0 saturated heterocycles. The zero-order valence-corrected chi connectivity index (χ0v) is 11.2. The van der Waals surface area contributed by atoms with Gasteiger partial charge in [0.05, 0.1) is 25.1 Å². The first-order valence-electron chi connectivity index (χ1n) is 5.00. The van der Waals surface area contributed by atoms with Crippen molar-refractivity contribution in [3.63, 3.8) is 0 Å². The van der Waals surface area contributed by atoms with E-state index in [0.717, 1.165) is 0 Å². The molecule has 5 nitrogen and oxygen atoms in total. The maximum atomic E-state index is 6.08. The molecule has 0 atom stereocenters. The fourth-order valence-corrected chi connectivity index (χ4v) is 1.86. The van der Waals surface area contributed by atoms with Gasteiger partial charge in [0.1, 0.15) is 0 Å². The molecule has 1 aromatic heterocycles. The number of methoxy groups -OCH3 is 2. The van der Waals surface area contributed by atoms with E-state index in [4.69, 9.17) is 37.2 Å². The Morgan fingerprint density at radius 2 is 2.06 bits per heavy atom. The van der Waals surface area contributed by atoms with Crippen molar-refractivity contribution in [1.82, 2.24) is 10.1 Å². The van der Waals surface area contributed by atoms with Crippen LogP contribution in [0.5, 0.6) is 11.5 Å². The van der Waals surface area contributed by atoms with Crippen LogP contribution < -0.4 is 9.47 Å². The third kappa shape index (κ3) is 2.37. The van der Waals surface area contributed by atoms with E-state index in [1.165, 1.54) is 14.2 Å². The second-order valence-electron chi connectivity index (χ2n) is 3.34. The highest BCUT2D eigenvalue weighted by Crippen LogP contribution is 2.38. The normalized spacial score (nSPS) is 10.4. The average Bonchev–Trinajstić information content (AvgIpc) is 2.86. The lowest BCUT2D eigenvalue weighted by atomic mass is 10.2. The zero-order valence-electron chi connectivity index (χ0n) is 9.74. The summed E-state index contributed by atoms with van der Waals surface area (Å²) in [6, 6.07) is 3.37. The first-order valence-corrected chi connectivity index (χ1v) is 5.91. The molecule has 7 heteroatoms. The van der Waals surface area contributed by atoms with Gasteiger partial charge >= 0.3 is 0 Å². The lowest BCUT2D eigenvalue weighted by molar-refractivity contribution is 0.355. The van der Waals surface area contributed by atoms with Crippen molar-refractivity contribution in [3.05, 3.63) is 23.0 Å². The predicted octanol–water partition coefficient (Wildman–Crippen LogP) is 3.15. The van der Waals surface area contributed by atoms with Gasteiger partial charge in [-0.15, -0.1) is 11.6 Å². The number of benzene rings is 1. The molecule has 0 aliphatic rings. The molecule has 1 aromatic carbocycles. The summed E-state index contributed by atoms with van der Waals surface area (Å²) >= 11 is 11.7. The first-order chi connectivity index (χ1) is 8.69. The first kappa shape index (κ1) is 13.0. The van der Waals surface area contributed by atoms with Gasteiger partial charge in [0.25, 0.3) is 5.89 Å². The van der Waals surface area contributed by atoms with Gasteiger partial charge in [0.2, 0.25) is 0 Å². The zero-order chi connectivity index (χ0) is 13.1. The second kappa shape index (κ2) is 5.46. The molecular formula is C11H10Cl2N2O3. The van der Waals surface area contributed by atoms with Crippen LogP contribution in [0.25, 0.3) is 11.5 Å². The minimum absolute atomic E-state index is 0.185. The van der Waals surface area contributed by atoms with Crippen LogP contribution in [0.4, 0.5) is 0 Å². The molecule has 0 saturated carbocycles. The van der Waals surface area contributed by atoms with Gasteiger partial charge in [-0.25, -0.2) is 0 Å². The van der Waals surface area contributed by atoms with Gasteiger partial charge in [-0.3, -0.25) is 0 Å². The number of rotatable bonds is 4. The monoisotopic (exact) mass is 288 g/mol. The van der Waals surface area contributed by atoms with Crippen LogP contribution in [-0.2, 0) is 5.88 Å². The van der Waals surface area contributed by atoms with Gasteiger partial charge in [-0.2, -0.15) is 4.98 Å². The maximum Gasteiger partial charge on any atom is 0.258 e. The minimum Gasteiger partial charge on any atom is -0.493 e. The Morgan fingerprint density at radius 1 is 1.28 bits per heavy atom. The summed E-state index contributed by atoms with van der Waals surface area (Å²) in [5.41, 5.74) is 0.640. The minimum atomic E-state index is 0.185. The van der Waals surface area contributed by atoms with Crippen LogP contribution in [-0.4, -0.2) is 24.4 Å². The van der Waals surface area contributed by atoms with E-state index in [9.17, 15) is 0 Å². The molecule has 0 fully saturated rings. The van der Waals surface area contributed by atoms with E-state index in [2.05, 4.69) is 10.1 Å². The summed E-state index contributed by atoms with van der Waals surface area (Å²) in [5.74, 6) is 1.88. The van der Waals surface area contributed by atoms with E-state index in [1.807, 2.05) is 0 Å². The molecule has 0 unspecified atom stereocenters. The van der Waals surface area contributed by atoms with Gasteiger partial charge in [-0.1, -0.05) is 16.8 Å². The summed E-state index contributed by atoms with van der Waals surface area (Å²) in [6.07, 6.45) is 0. The van der Waals surface area contributed by atoms with Crippen molar-refractivity contribution in [2.75, 3.05) is 14.2 Å². The van der Waals surface area contributed by atoms with E-state index < -0.39 is 0 Å². The number of hydrogen-bond acceptors (Lipinski definition) is 5. The van der Waals surface area contributed by atoms with E-state index >= 15 is 0 Å². The molecule has 0 aliphatic carbocycles. The summed E-state index contributed by atoms with van der Waals surface area (Å²) in [4.78, 5) is 4.11. The molecule has 0 radical (unpaired) electrons. The van der Waals surface area contributed by atoms with Crippen LogP contribution in [0, 0.1) is 0 Å². The Morgan fingerprint density at radius 3 is 2.61 bits per heavy atom. The number of ether oxygens (including phenoxy) is 2. The highest BCUT2D eigenvalue weighted by Gasteiger charge is 2.15. The van der Waals surface area contributed by atoms with Crippen LogP contribution in [0.3, 0.4) is 0 Å². The van der Waals surface area contributed by atoms with Crippen LogP contribution >= 0.6 is 23.2 Å². The van der Waals surface area contributed by atoms with E-state index in [-0.39, 0.29) is 5.88 Å². The van der Waals surface area contributed by atoms with Gasteiger partial charge in [0, 0.05) is 5.56 Å². The molecule has 0 amide bonds. The Hall–Kier alpha value is -1.46. The summed E-state index contributed by atoms with van der Waals surface area (Å²) in [7, 11) is 3.04. The van der Waals surface area contributed by atoms with Crippen LogP contribution in [0.15, 0.2) is 16.7 Å². The molecule has 1 heterocycles. The largest absolute Gasteiger partial charge is 0.493 e. The van der Waals surface area contributed by atoms with E-state index in [0.29, 0.717) is 33.8 Å². The van der Waals surface area contributed by atoms with Crippen LogP contribution in [0.2, 0.25) is 5.02 Å². The number of hydrogen-bond donors (Lipinski definition) is 0. The van der Waals surface area contributed by atoms with Crippen LogP contribution in [0.1, 0.15) is 5.82 Å². The van der Waals surface area contributed by atoms with Crippen molar-refractivity contribution in [3.8, 4) is 23.0 Å². The quantitative estimate of drug-likeness (QED) is 0.809. The standard InChI is InChI=1S/C11H10Cl2N2O3/c1-16-8-4-6(3-7(13)10(8)17-2)11-14-9(5-12)15-18-11/h3-4H,5H2,1-2H3. The highest BCUT2D eigenvalue weighted by molar-refractivity contribution is 6.32. The number of alkyl halides is 1. The Labute approximate surface area is 114 Å². The third-order valence-electron chi connectivity index (χ3n) is 2.27. The lowest BCUT2D eigenvalue weighted by Crippen LogP contribution is -1.92. The summed E-state index contributed by atoms with van der Waals surface area (Å²) in [6.45, 7) is 0. The van der Waals surface area contributed by atoms with Crippen molar-refractivity contribution >= 4 is 23.2 Å².